The first-order valence-corrected chi connectivity index (χ1v) is 8.87. The molecule has 0 bridgehead atoms. The number of anilines is 1. The lowest BCUT2D eigenvalue weighted by Crippen LogP contribution is -2.43. The summed E-state index contributed by atoms with van der Waals surface area (Å²) in [5, 5.41) is 8.69. The number of hydrazone groups is 1. The normalized spacial score (nSPS) is 12.7. The molecule has 4 N–H and O–H groups in total. The van der Waals surface area contributed by atoms with E-state index in [0.29, 0.717) is 5.69 Å². The SMILES string of the molecule is COC(=O)CC(C(=O)OC)C(C)NC(=O)CCC(=O)Nc1ccc(C=NN)cc1. The molecule has 1 aromatic rings. The van der Waals surface area contributed by atoms with E-state index in [0.717, 1.165) is 5.56 Å². The van der Waals surface area contributed by atoms with Crippen molar-refractivity contribution < 1.29 is 28.7 Å². The van der Waals surface area contributed by atoms with Crippen molar-refractivity contribution in [2.75, 3.05) is 19.5 Å². The number of carbonyl (C=O) groups is 4. The van der Waals surface area contributed by atoms with Crippen LogP contribution in [-0.2, 0) is 28.7 Å². The molecule has 0 saturated carbocycles. The zero-order valence-corrected chi connectivity index (χ0v) is 16.6. The van der Waals surface area contributed by atoms with Crippen molar-refractivity contribution in [2.24, 2.45) is 16.9 Å². The predicted octanol–water partition coefficient (Wildman–Crippen LogP) is 0.555. The van der Waals surface area contributed by atoms with Crippen molar-refractivity contribution in [3.63, 3.8) is 0 Å². The first-order chi connectivity index (χ1) is 13.8. The van der Waals surface area contributed by atoms with E-state index in [1.165, 1.54) is 20.4 Å². The van der Waals surface area contributed by atoms with Crippen LogP contribution in [0.4, 0.5) is 5.69 Å². The van der Waals surface area contributed by atoms with Gasteiger partial charge in [-0.2, -0.15) is 5.10 Å². The first kappa shape index (κ1) is 23.6. The average Bonchev–Trinajstić information content (AvgIpc) is 2.71. The second-order valence-corrected chi connectivity index (χ2v) is 6.21. The molecule has 0 spiro atoms. The molecule has 29 heavy (non-hydrogen) atoms. The number of esters is 2. The highest BCUT2D eigenvalue weighted by atomic mass is 16.5. The Balaban J connectivity index is 2.52. The Morgan fingerprint density at radius 3 is 2.24 bits per heavy atom. The van der Waals surface area contributed by atoms with Gasteiger partial charge in [0.1, 0.15) is 0 Å². The first-order valence-electron chi connectivity index (χ1n) is 8.87. The molecule has 0 saturated heterocycles. The van der Waals surface area contributed by atoms with Gasteiger partial charge in [-0.1, -0.05) is 12.1 Å². The van der Waals surface area contributed by atoms with E-state index < -0.39 is 29.8 Å². The fraction of sp³-hybridized carbons (Fsp3) is 0.421. The highest BCUT2D eigenvalue weighted by Gasteiger charge is 2.30. The van der Waals surface area contributed by atoms with Crippen LogP contribution in [0.5, 0.6) is 0 Å². The Hall–Kier alpha value is -3.43. The lowest BCUT2D eigenvalue weighted by Gasteiger charge is -2.22. The standard InChI is InChI=1S/C19H26N4O6/c1-12(15(19(27)29-3)10-18(26)28-2)22-16(24)8-9-17(25)23-14-6-4-13(5-7-14)11-21-20/h4-7,11-12,15H,8-10,20H2,1-3H3,(H,22,24)(H,23,25). The van der Waals surface area contributed by atoms with Crippen molar-refractivity contribution in [3.8, 4) is 0 Å². The van der Waals surface area contributed by atoms with Crippen LogP contribution in [0.25, 0.3) is 0 Å². The maximum Gasteiger partial charge on any atom is 0.311 e. The van der Waals surface area contributed by atoms with Crippen molar-refractivity contribution in [1.29, 1.82) is 0 Å². The van der Waals surface area contributed by atoms with E-state index >= 15 is 0 Å². The number of hydrogen-bond acceptors (Lipinski definition) is 8. The molecular formula is C19H26N4O6. The predicted molar refractivity (Wildman–Crippen MR) is 106 cm³/mol. The smallest absolute Gasteiger partial charge is 0.311 e. The Morgan fingerprint density at radius 2 is 1.69 bits per heavy atom. The lowest BCUT2D eigenvalue weighted by molar-refractivity contribution is -0.153. The van der Waals surface area contributed by atoms with E-state index in [4.69, 9.17) is 5.84 Å². The minimum atomic E-state index is -0.888. The molecule has 2 atom stereocenters. The van der Waals surface area contributed by atoms with Crippen molar-refractivity contribution in [1.82, 2.24) is 5.32 Å². The van der Waals surface area contributed by atoms with Gasteiger partial charge in [0.2, 0.25) is 11.8 Å². The van der Waals surface area contributed by atoms with Crippen LogP contribution in [0.1, 0.15) is 31.7 Å². The Kier molecular flexibility index (Phi) is 9.86. The number of nitrogens with one attached hydrogen (secondary N) is 2. The van der Waals surface area contributed by atoms with Gasteiger partial charge in [-0.3, -0.25) is 19.2 Å². The number of amides is 2. The third-order valence-corrected chi connectivity index (χ3v) is 4.11. The summed E-state index contributed by atoms with van der Waals surface area (Å²) in [6.07, 6.45) is 1.11. The maximum atomic E-state index is 12.1. The van der Waals surface area contributed by atoms with Gasteiger partial charge in [-0.25, -0.2) is 0 Å². The molecule has 0 heterocycles. The quantitative estimate of drug-likeness (QED) is 0.222. The number of nitrogens with zero attached hydrogens (tertiary/aromatic N) is 1. The molecule has 1 rings (SSSR count). The number of rotatable bonds is 10. The molecule has 2 amide bonds. The summed E-state index contributed by atoms with van der Waals surface area (Å²) in [6.45, 7) is 1.58. The van der Waals surface area contributed by atoms with Crippen LogP contribution in [0, 0.1) is 5.92 Å². The molecule has 0 aliphatic heterocycles. The number of hydrogen-bond donors (Lipinski definition) is 3. The van der Waals surface area contributed by atoms with Gasteiger partial charge in [0.25, 0.3) is 0 Å². The molecular weight excluding hydrogens is 380 g/mol. The Morgan fingerprint density at radius 1 is 1.07 bits per heavy atom. The molecule has 158 valence electrons. The van der Waals surface area contributed by atoms with Gasteiger partial charge in [-0.05, 0) is 24.6 Å². The largest absolute Gasteiger partial charge is 0.469 e. The molecule has 10 heteroatoms. The summed E-state index contributed by atoms with van der Waals surface area (Å²) >= 11 is 0. The van der Waals surface area contributed by atoms with Gasteiger partial charge in [-0.15, -0.1) is 0 Å². The molecule has 2 unspecified atom stereocenters. The van der Waals surface area contributed by atoms with Crippen molar-refractivity contribution >= 4 is 35.7 Å². The fourth-order valence-electron chi connectivity index (χ4n) is 2.49. The minimum absolute atomic E-state index is 0.0511. The third-order valence-electron chi connectivity index (χ3n) is 4.11. The number of carbonyl (C=O) groups excluding carboxylic acids is 4. The zero-order chi connectivity index (χ0) is 21.8. The molecule has 0 aromatic heterocycles. The third kappa shape index (κ3) is 8.41. The topological polar surface area (TPSA) is 149 Å². The second-order valence-electron chi connectivity index (χ2n) is 6.21. The van der Waals surface area contributed by atoms with Crippen LogP contribution in [0.15, 0.2) is 29.4 Å². The summed E-state index contributed by atoms with van der Waals surface area (Å²) in [5.74, 6) is 2.18. The van der Waals surface area contributed by atoms with Crippen molar-refractivity contribution in [3.05, 3.63) is 29.8 Å². The second kappa shape index (κ2) is 12.1. The monoisotopic (exact) mass is 406 g/mol. The van der Waals surface area contributed by atoms with Crippen LogP contribution in [0.3, 0.4) is 0 Å². The van der Waals surface area contributed by atoms with Crippen LogP contribution < -0.4 is 16.5 Å². The van der Waals surface area contributed by atoms with E-state index in [2.05, 4.69) is 25.2 Å². The summed E-state index contributed by atoms with van der Waals surface area (Å²) in [6, 6.07) is 6.16. The number of ether oxygens (including phenoxy) is 2. The van der Waals surface area contributed by atoms with Crippen LogP contribution in [0.2, 0.25) is 0 Å². The lowest BCUT2D eigenvalue weighted by atomic mass is 9.97. The summed E-state index contributed by atoms with van der Waals surface area (Å²) in [5.41, 5.74) is 1.35. The van der Waals surface area contributed by atoms with Gasteiger partial charge >= 0.3 is 11.9 Å². The molecule has 0 aliphatic carbocycles. The molecule has 0 radical (unpaired) electrons. The van der Waals surface area contributed by atoms with Gasteiger partial charge in [0.05, 0.1) is 32.8 Å². The minimum Gasteiger partial charge on any atom is -0.469 e. The van der Waals surface area contributed by atoms with Crippen molar-refractivity contribution in [2.45, 2.75) is 32.2 Å². The molecule has 0 aliphatic rings. The zero-order valence-electron chi connectivity index (χ0n) is 16.6. The average molecular weight is 406 g/mol. The van der Waals surface area contributed by atoms with E-state index in [-0.39, 0.29) is 25.2 Å². The van der Waals surface area contributed by atoms with Gasteiger partial charge in [0.15, 0.2) is 0 Å². The summed E-state index contributed by atoms with van der Waals surface area (Å²) < 4.78 is 9.23. The highest BCUT2D eigenvalue weighted by Crippen LogP contribution is 2.13. The highest BCUT2D eigenvalue weighted by molar-refractivity contribution is 5.93. The van der Waals surface area contributed by atoms with Gasteiger partial charge in [0, 0.05) is 24.6 Å². The van der Waals surface area contributed by atoms with E-state index in [1.54, 1.807) is 31.2 Å². The van der Waals surface area contributed by atoms with E-state index in [9.17, 15) is 19.2 Å². The number of methoxy groups -OCH3 is 2. The Labute approximate surface area is 168 Å². The molecule has 1 aromatic carbocycles. The Bertz CT molecular complexity index is 748. The number of nitrogens with two attached hydrogens (primary N) is 1. The molecule has 10 nitrogen and oxygen atoms in total. The maximum absolute atomic E-state index is 12.1. The van der Waals surface area contributed by atoms with E-state index in [1.807, 2.05) is 0 Å². The van der Waals surface area contributed by atoms with Crippen LogP contribution >= 0.6 is 0 Å². The summed E-state index contributed by atoms with van der Waals surface area (Å²) in [4.78, 5) is 47.5. The fourth-order valence-corrected chi connectivity index (χ4v) is 2.49. The van der Waals surface area contributed by atoms with Gasteiger partial charge < -0.3 is 25.9 Å². The van der Waals surface area contributed by atoms with Crippen LogP contribution in [-0.4, -0.2) is 50.2 Å². The summed E-state index contributed by atoms with van der Waals surface area (Å²) in [7, 11) is 2.40. The molecule has 0 fully saturated rings. The number of benzene rings is 1.